The minimum atomic E-state index is -0.211. The van der Waals surface area contributed by atoms with Crippen LogP contribution in [0.3, 0.4) is 0 Å². The van der Waals surface area contributed by atoms with E-state index in [9.17, 15) is 9.59 Å². The summed E-state index contributed by atoms with van der Waals surface area (Å²) in [6.45, 7) is 4.63. The molecule has 0 spiro atoms. The van der Waals surface area contributed by atoms with Crippen LogP contribution in [-0.2, 0) is 4.79 Å². The molecule has 4 rings (SSSR count). The summed E-state index contributed by atoms with van der Waals surface area (Å²) >= 11 is 3.46. The van der Waals surface area contributed by atoms with Crippen LogP contribution in [0, 0.1) is 17.4 Å². The Hall–Kier alpha value is -2.33. The lowest BCUT2D eigenvalue weighted by molar-refractivity contribution is -0.117. The molecule has 0 bridgehead atoms. The van der Waals surface area contributed by atoms with Gasteiger partial charge in [0.2, 0.25) is 11.0 Å². The molecule has 1 aliphatic rings. The van der Waals surface area contributed by atoms with E-state index in [0.29, 0.717) is 23.7 Å². The summed E-state index contributed by atoms with van der Waals surface area (Å²) in [5.41, 5.74) is 3.79. The van der Waals surface area contributed by atoms with Crippen LogP contribution in [-0.4, -0.2) is 28.6 Å². The monoisotopic (exact) mass is 518 g/mol. The second-order valence-corrected chi connectivity index (χ2v) is 9.30. The van der Waals surface area contributed by atoms with Crippen LogP contribution < -0.4 is 10.2 Å². The molecule has 1 fully saturated rings. The third-order valence-electron chi connectivity index (χ3n) is 4.77. The van der Waals surface area contributed by atoms with Crippen molar-refractivity contribution in [3.63, 3.8) is 0 Å². The minimum absolute atomic E-state index is 0.0247. The first-order chi connectivity index (χ1) is 13.9. The molecule has 148 valence electrons. The molecular weight excluding hydrogens is 499 g/mol. The van der Waals surface area contributed by atoms with Gasteiger partial charge in [0.25, 0.3) is 5.91 Å². The number of nitrogens with zero attached hydrogens (tertiary/aromatic N) is 3. The summed E-state index contributed by atoms with van der Waals surface area (Å²) in [4.78, 5) is 26.9. The van der Waals surface area contributed by atoms with Crippen molar-refractivity contribution in [2.45, 2.75) is 26.2 Å². The smallest absolute Gasteiger partial charge is 0.258 e. The predicted molar refractivity (Wildman–Crippen MR) is 123 cm³/mol. The van der Waals surface area contributed by atoms with Crippen LogP contribution in [0.5, 0.6) is 0 Å². The average Bonchev–Trinajstić information content (AvgIpc) is 3.27. The first-order valence-corrected chi connectivity index (χ1v) is 11.1. The zero-order valence-corrected chi connectivity index (χ0v) is 19.0. The fraction of sp³-hybridized carbons (Fsp3) is 0.238. The minimum Gasteiger partial charge on any atom is -0.312 e. The molecule has 1 atom stereocenters. The van der Waals surface area contributed by atoms with Gasteiger partial charge in [0, 0.05) is 28.1 Å². The van der Waals surface area contributed by atoms with Crippen molar-refractivity contribution in [1.82, 2.24) is 10.2 Å². The maximum atomic E-state index is 12.6. The highest BCUT2D eigenvalue weighted by Crippen LogP contribution is 2.35. The highest BCUT2D eigenvalue weighted by Gasteiger charge is 2.34. The zero-order valence-electron chi connectivity index (χ0n) is 16.0. The Morgan fingerprint density at radius 2 is 1.90 bits per heavy atom. The van der Waals surface area contributed by atoms with E-state index in [-0.39, 0.29) is 17.7 Å². The number of aryl methyl sites for hydroxylation is 2. The number of benzene rings is 2. The van der Waals surface area contributed by atoms with Crippen molar-refractivity contribution >= 4 is 56.6 Å². The summed E-state index contributed by atoms with van der Waals surface area (Å²) in [6.07, 6.45) is 0.395. The van der Waals surface area contributed by atoms with Crippen molar-refractivity contribution < 1.29 is 9.59 Å². The van der Waals surface area contributed by atoms with Crippen LogP contribution in [0.4, 0.5) is 10.8 Å². The molecule has 1 saturated heterocycles. The molecule has 3 aromatic rings. The summed E-state index contributed by atoms with van der Waals surface area (Å²) in [5.74, 6) is -0.153. The van der Waals surface area contributed by atoms with Crippen LogP contribution in [0.2, 0.25) is 0 Å². The fourth-order valence-corrected chi connectivity index (χ4v) is 4.95. The number of halogens is 1. The Morgan fingerprint density at radius 3 is 2.62 bits per heavy atom. The second kappa shape index (κ2) is 8.19. The van der Waals surface area contributed by atoms with Gasteiger partial charge in [-0.25, -0.2) is 0 Å². The maximum Gasteiger partial charge on any atom is 0.258 e. The van der Waals surface area contributed by atoms with Crippen LogP contribution in [0.25, 0.3) is 0 Å². The Morgan fingerprint density at radius 1 is 1.17 bits per heavy atom. The number of hydrogen-bond donors (Lipinski definition) is 1. The van der Waals surface area contributed by atoms with Gasteiger partial charge in [-0.3, -0.25) is 14.9 Å². The largest absolute Gasteiger partial charge is 0.312 e. The van der Waals surface area contributed by atoms with Crippen molar-refractivity contribution in [3.8, 4) is 0 Å². The predicted octanol–water partition coefficient (Wildman–Crippen LogP) is 4.53. The number of aromatic nitrogens is 2. The standard InChI is InChI=1S/C21H19IN4O2S/c1-12-7-13(2)9-15(8-12)26-11-14(10-18(26)27)20-24-25-21(29-20)23-19(28)16-5-3-4-6-17(16)22/h3-9,14H,10-11H2,1-2H3,(H,23,25,28). The van der Waals surface area contributed by atoms with E-state index < -0.39 is 0 Å². The summed E-state index contributed by atoms with van der Waals surface area (Å²) in [7, 11) is 0. The van der Waals surface area contributed by atoms with E-state index >= 15 is 0 Å². The van der Waals surface area contributed by atoms with Crippen LogP contribution in [0.15, 0.2) is 42.5 Å². The lowest BCUT2D eigenvalue weighted by atomic mass is 10.1. The lowest BCUT2D eigenvalue weighted by Gasteiger charge is -2.17. The van der Waals surface area contributed by atoms with E-state index in [2.05, 4.69) is 44.2 Å². The molecule has 0 radical (unpaired) electrons. The van der Waals surface area contributed by atoms with Gasteiger partial charge in [-0.15, -0.1) is 10.2 Å². The molecule has 2 heterocycles. The van der Waals surface area contributed by atoms with Crippen LogP contribution >= 0.6 is 33.9 Å². The zero-order chi connectivity index (χ0) is 20.5. The van der Waals surface area contributed by atoms with Crippen LogP contribution in [0.1, 0.15) is 38.8 Å². The summed E-state index contributed by atoms with van der Waals surface area (Å²) in [6, 6.07) is 13.5. The number of carbonyl (C=O) groups excluding carboxylic acids is 2. The Balaban J connectivity index is 1.48. The summed E-state index contributed by atoms with van der Waals surface area (Å²) < 4.78 is 0.873. The van der Waals surface area contributed by atoms with Crippen molar-refractivity contribution in [3.05, 3.63) is 67.7 Å². The van der Waals surface area contributed by atoms with E-state index in [0.717, 1.165) is 25.4 Å². The van der Waals surface area contributed by atoms with Gasteiger partial charge < -0.3 is 4.90 Å². The molecule has 1 unspecified atom stereocenters. The van der Waals surface area contributed by atoms with Gasteiger partial charge in [-0.05, 0) is 71.8 Å². The number of carbonyl (C=O) groups is 2. The molecular formula is C21H19IN4O2S. The van der Waals surface area contributed by atoms with Gasteiger partial charge in [-0.1, -0.05) is 29.5 Å². The number of amides is 2. The number of hydrogen-bond acceptors (Lipinski definition) is 5. The van der Waals surface area contributed by atoms with E-state index in [1.165, 1.54) is 11.3 Å². The van der Waals surface area contributed by atoms with Crippen molar-refractivity contribution in [2.75, 3.05) is 16.8 Å². The van der Waals surface area contributed by atoms with Gasteiger partial charge >= 0.3 is 0 Å². The number of anilines is 2. The first kappa shape index (κ1) is 20.0. The maximum absolute atomic E-state index is 12.6. The van der Waals surface area contributed by atoms with Crippen molar-refractivity contribution in [1.29, 1.82) is 0 Å². The SMILES string of the molecule is Cc1cc(C)cc(N2CC(c3nnc(NC(=O)c4ccccc4I)s3)CC2=O)c1. The lowest BCUT2D eigenvalue weighted by Crippen LogP contribution is -2.24. The quantitative estimate of drug-likeness (QED) is 0.515. The highest BCUT2D eigenvalue weighted by atomic mass is 127. The van der Waals surface area contributed by atoms with Gasteiger partial charge in [0.1, 0.15) is 5.01 Å². The Labute approximate surface area is 186 Å². The molecule has 0 aliphatic carbocycles. The molecule has 8 heteroatoms. The third kappa shape index (κ3) is 4.32. The third-order valence-corrected chi connectivity index (χ3v) is 6.71. The molecule has 2 aromatic carbocycles. The summed E-state index contributed by atoms with van der Waals surface area (Å²) in [5, 5.41) is 12.4. The molecule has 1 N–H and O–H groups in total. The molecule has 6 nitrogen and oxygen atoms in total. The van der Waals surface area contributed by atoms with Gasteiger partial charge in [0.05, 0.1) is 5.56 Å². The van der Waals surface area contributed by atoms with Crippen molar-refractivity contribution in [2.24, 2.45) is 0 Å². The normalized spacial score (nSPS) is 16.3. The van der Waals surface area contributed by atoms with Gasteiger partial charge in [-0.2, -0.15) is 0 Å². The highest BCUT2D eigenvalue weighted by molar-refractivity contribution is 14.1. The molecule has 1 aromatic heterocycles. The van der Waals surface area contributed by atoms with E-state index in [1.807, 2.05) is 49.1 Å². The molecule has 2 amide bonds. The topological polar surface area (TPSA) is 75.2 Å². The number of nitrogens with one attached hydrogen (secondary N) is 1. The average molecular weight is 518 g/mol. The second-order valence-electron chi connectivity index (χ2n) is 7.13. The van der Waals surface area contributed by atoms with Gasteiger partial charge in [0.15, 0.2) is 0 Å². The van der Waals surface area contributed by atoms with E-state index in [4.69, 9.17) is 0 Å². The molecule has 1 aliphatic heterocycles. The first-order valence-electron chi connectivity index (χ1n) is 9.18. The fourth-order valence-electron chi connectivity index (χ4n) is 3.49. The Bertz CT molecular complexity index is 1080. The number of rotatable bonds is 4. The van der Waals surface area contributed by atoms with E-state index in [1.54, 1.807) is 6.07 Å². The molecule has 29 heavy (non-hydrogen) atoms. The molecule has 0 saturated carbocycles. The Kier molecular flexibility index (Phi) is 5.64.